The Hall–Kier alpha value is -2.15. The number of amides is 1. The summed E-state index contributed by atoms with van der Waals surface area (Å²) in [7, 11) is 0. The van der Waals surface area contributed by atoms with Gasteiger partial charge in [0.05, 0.1) is 25.7 Å². The molecule has 0 saturated carbocycles. The smallest absolute Gasteiger partial charge is 0.305 e. The number of hydrogen-bond donors (Lipinski definition) is 2. The number of ether oxygens (including phenoxy) is 1. The highest BCUT2D eigenvalue weighted by atomic mass is 16.5. The molecule has 1 aromatic heterocycles. The van der Waals surface area contributed by atoms with E-state index in [-0.39, 0.29) is 30.6 Å². The van der Waals surface area contributed by atoms with E-state index in [2.05, 4.69) is 4.98 Å². The number of nitrogens with one attached hydrogen (secondary N) is 1. The lowest BCUT2D eigenvalue weighted by Gasteiger charge is -2.34. The van der Waals surface area contributed by atoms with Crippen molar-refractivity contribution in [2.75, 3.05) is 19.8 Å². The van der Waals surface area contributed by atoms with Gasteiger partial charge in [0, 0.05) is 25.0 Å². The molecule has 0 radical (unpaired) electrons. The van der Waals surface area contributed by atoms with Crippen molar-refractivity contribution < 1.29 is 19.4 Å². The van der Waals surface area contributed by atoms with E-state index in [4.69, 9.17) is 9.84 Å². The second-order valence-electron chi connectivity index (χ2n) is 4.25. The molecule has 1 saturated heterocycles. The number of rotatable bonds is 3. The van der Waals surface area contributed by atoms with Crippen LogP contribution in [0.2, 0.25) is 0 Å². The highest BCUT2D eigenvalue weighted by molar-refractivity contribution is 5.94. The molecule has 1 aromatic rings. The zero-order chi connectivity index (χ0) is 13.8. The number of H-pyrrole nitrogens is 1. The summed E-state index contributed by atoms with van der Waals surface area (Å²) in [6, 6.07) is 0.721. The first-order chi connectivity index (χ1) is 9.09. The molecular formula is C12H14N2O5. The van der Waals surface area contributed by atoms with Gasteiger partial charge in [-0.3, -0.25) is 14.4 Å². The van der Waals surface area contributed by atoms with Crippen LogP contribution in [0.5, 0.6) is 0 Å². The Morgan fingerprint density at radius 3 is 3.00 bits per heavy atom. The number of aliphatic carboxylic acids is 1. The number of carbonyl (C=O) groups is 2. The number of nitrogens with zero attached hydrogens (tertiary/aromatic N) is 1. The molecule has 0 aromatic carbocycles. The highest BCUT2D eigenvalue weighted by Gasteiger charge is 2.30. The molecule has 0 aliphatic carbocycles. The fraction of sp³-hybridized carbons (Fsp3) is 0.417. The zero-order valence-corrected chi connectivity index (χ0v) is 10.2. The van der Waals surface area contributed by atoms with Gasteiger partial charge in [-0.15, -0.1) is 0 Å². The summed E-state index contributed by atoms with van der Waals surface area (Å²) >= 11 is 0. The molecule has 19 heavy (non-hydrogen) atoms. The molecule has 7 nitrogen and oxygen atoms in total. The second-order valence-corrected chi connectivity index (χ2v) is 4.25. The standard InChI is InChI=1S/C12H14N2O5/c15-10-1-2-13-6-9(10)12(18)14-3-4-19-7-8(14)5-11(16)17/h1-2,6,8H,3-5,7H2,(H,13,15)(H,16,17). The van der Waals surface area contributed by atoms with Crippen molar-refractivity contribution in [3.8, 4) is 0 Å². The van der Waals surface area contributed by atoms with Gasteiger partial charge in [0.2, 0.25) is 0 Å². The number of pyridine rings is 1. The Balaban J connectivity index is 2.23. The third kappa shape index (κ3) is 3.00. The molecule has 102 valence electrons. The molecular weight excluding hydrogens is 252 g/mol. The summed E-state index contributed by atoms with van der Waals surface area (Å²) in [4.78, 5) is 38.7. The van der Waals surface area contributed by atoms with Gasteiger partial charge in [-0.2, -0.15) is 0 Å². The second kappa shape index (κ2) is 5.66. The maximum atomic E-state index is 12.3. The van der Waals surface area contributed by atoms with Gasteiger partial charge in [-0.25, -0.2) is 0 Å². The van der Waals surface area contributed by atoms with Crippen molar-refractivity contribution in [2.24, 2.45) is 0 Å². The van der Waals surface area contributed by atoms with E-state index in [1.807, 2.05) is 0 Å². The van der Waals surface area contributed by atoms with Crippen molar-refractivity contribution in [1.29, 1.82) is 0 Å². The number of hydrogen-bond acceptors (Lipinski definition) is 4. The Morgan fingerprint density at radius 2 is 2.32 bits per heavy atom. The van der Waals surface area contributed by atoms with Crippen molar-refractivity contribution in [1.82, 2.24) is 9.88 Å². The van der Waals surface area contributed by atoms with Crippen molar-refractivity contribution >= 4 is 11.9 Å². The van der Waals surface area contributed by atoms with Crippen LogP contribution in [0.15, 0.2) is 23.3 Å². The first-order valence-electron chi connectivity index (χ1n) is 5.87. The molecule has 1 atom stereocenters. The van der Waals surface area contributed by atoms with Crippen LogP contribution in [0.1, 0.15) is 16.8 Å². The number of carboxylic acids is 1. The average Bonchev–Trinajstić information content (AvgIpc) is 2.38. The van der Waals surface area contributed by atoms with E-state index in [0.717, 1.165) is 0 Å². The van der Waals surface area contributed by atoms with E-state index in [9.17, 15) is 14.4 Å². The van der Waals surface area contributed by atoms with E-state index in [1.165, 1.54) is 23.4 Å². The molecule has 2 rings (SSSR count). The molecule has 1 unspecified atom stereocenters. The van der Waals surface area contributed by atoms with Gasteiger partial charge in [-0.1, -0.05) is 0 Å². The Kier molecular flexibility index (Phi) is 3.96. The number of aromatic amines is 1. The van der Waals surface area contributed by atoms with E-state index in [0.29, 0.717) is 6.61 Å². The van der Waals surface area contributed by atoms with Gasteiger partial charge in [0.15, 0.2) is 5.43 Å². The van der Waals surface area contributed by atoms with Gasteiger partial charge in [0.1, 0.15) is 5.56 Å². The normalized spacial score (nSPS) is 19.2. The molecule has 1 aliphatic rings. The maximum absolute atomic E-state index is 12.3. The van der Waals surface area contributed by atoms with E-state index < -0.39 is 17.9 Å². The van der Waals surface area contributed by atoms with Crippen molar-refractivity contribution in [3.63, 3.8) is 0 Å². The fourth-order valence-corrected chi connectivity index (χ4v) is 2.03. The van der Waals surface area contributed by atoms with Crippen LogP contribution in [0.4, 0.5) is 0 Å². The predicted octanol–water partition coefficient (Wildman–Crippen LogP) is -0.309. The number of carboxylic acid groups (broad SMARTS) is 1. The van der Waals surface area contributed by atoms with Crippen molar-refractivity contribution in [2.45, 2.75) is 12.5 Å². The summed E-state index contributed by atoms with van der Waals surface area (Å²) in [5.41, 5.74) is -0.371. The summed E-state index contributed by atoms with van der Waals surface area (Å²) < 4.78 is 5.19. The van der Waals surface area contributed by atoms with E-state index >= 15 is 0 Å². The number of carbonyl (C=O) groups excluding carboxylic acids is 1. The van der Waals surface area contributed by atoms with Crippen LogP contribution >= 0.6 is 0 Å². The molecule has 7 heteroatoms. The summed E-state index contributed by atoms with van der Waals surface area (Å²) in [6.07, 6.45) is 2.57. The summed E-state index contributed by atoms with van der Waals surface area (Å²) in [6.45, 7) is 0.792. The van der Waals surface area contributed by atoms with Gasteiger partial charge in [-0.05, 0) is 0 Å². The predicted molar refractivity (Wildman–Crippen MR) is 65.0 cm³/mol. The quantitative estimate of drug-likeness (QED) is 0.781. The van der Waals surface area contributed by atoms with Crippen LogP contribution in [0.25, 0.3) is 0 Å². The number of morpholine rings is 1. The first-order valence-corrected chi connectivity index (χ1v) is 5.87. The Morgan fingerprint density at radius 1 is 1.53 bits per heavy atom. The lowest BCUT2D eigenvalue weighted by Crippen LogP contribution is -2.50. The third-order valence-corrected chi connectivity index (χ3v) is 2.95. The fourth-order valence-electron chi connectivity index (χ4n) is 2.03. The minimum Gasteiger partial charge on any atom is -0.481 e. The van der Waals surface area contributed by atoms with Crippen LogP contribution in [-0.4, -0.2) is 52.7 Å². The summed E-state index contributed by atoms with van der Waals surface area (Å²) in [5, 5.41) is 8.83. The lowest BCUT2D eigenvalue weighted by molar-refractivity contribution is -0.139. The minimum absolute atomic E-state index is 0.0137. The van der Waals surface area contributed by atoms with Crippen molar-refractivity contribution in [3.05, 3.63) is 34.2 Å². The Labute approximate surface area is 108 Å². The van der Waals surface area contributed by atoms with Crippen LogP contribution in [-0.2, 0) is 9.53 Å². The van der Waals surface area contributed by atoms with Gasteiger partial charge >= 0.3 is 5.97 Å². The number of aromatic nitrogens is 1. The molecule has 1 fully saturated rings. The minimum atomic E-state index is -1.00. The first kappa shape index (κ1) is 13.3. The molecule has 2 N–H and O–H groups in total. The summed E-state index contributed by atoms with van der Waals surface area (Å²) in [5.74, 6) is -1.47. The SMILES string of the molecule is O=C(O)CC1COCCN1C(=O)c1c[nH]ccc1=O. The largest absolute Gasteiger partial charge is 0.481 e. The topological polar surface area (TPSA) is 99.7 Å². The Bertz CT molecular complexity index is 539. The van der Waals surface area contributed by atoms with E-state index in [1.54, 1.807) is 0 Å². The van der Waals surface area contributed by atoms with Gasteiger partial charge in [0.25, 0.3) is 5.91 Å². The molecule has 2 heterocycles. The lowest BCUT2D eigenvalue weighted by atomic mass is 10.1. The molecule has 1 amide bonds. The molecule has 1 aliphatic heterocycles. The van der Waals surface area contributed by atoms with Gasteiger partial charge < -0.3 is 19.7 Å². The maximum Gasteiger partial charge on any atom is 0.305 e. The van der Waals surface area contributed by atoms with Crippen LogP contribution < -0.4 is 5.43 Å². The molecule has 0 bridgehead atoms. The monoisotopic (exact) mass is 266 g/mol. The third-order valence-electron chi connectivity index (χ3n) is 2.95. The average molecular weight is 266 g/mol. The van der Waals surface area contributed by atoms with Crippen LogP contribution in [0, 0.1) is 0 Å². The molecule has 0 spiro atoms. The highest BCUT2D eigenvalue weighted by Crippen LogP contribution is 2.13. The zero-order valence-electron chi connectivity index (χ0n) is 10.2. The van der Waals surface area contributed by atoms with Crippen LogP contribution in [0.3, 0.4) is 0 Å².